The van der Waals surface area contributed by atoms with Crippen LogP contribution in [0.2, 0.25) is 0 Å². The summed E-state index contributed by atoms with van der Waals surface area (Å²) >= 11 is 0. The molecule has 0 aromatic carbocycles. The van der Waals surface area contributed by atoms with E-state index in [1.54, 1.807) is 0 Å². The van der Waals surface area contributed by atoms with Gasteiger partial charge >= 0.3 is 18.0 Å². The molecule has 0 amide bonds. The Hall–Kier alpha value is -0.670. The summed E-state index contributed by atoms with van der Waals surface area (Å²) in [6, 6.07) is 0. The fraction of sp³-hybridized carbons (Fsp3) is 1.00. The minimum absolute atomic E-state index is 2.92. The van der Waals surface area contributed by atoms with Gasteiger partial charge in [-0.2, -0.15) is 30.7 Å². The van der Waals surface area contributed by atoms with Gasteiger partial charge in [-0.15, -0.1) is 0 Å². The van der Waals surface area contributed by atoms with Crippen LogP contribution >= 0.6 is 0 Å². The highest BCUT2D eigenvalue weighted by Crippen LogP contribution is 2.52. The van der Waals surface area contributed by atoms with Crippen LogP contribution in [0.15, 0.2) is 0 Å². The number of alkyl halides is 9. The van der Waals surface area contributed by atoms with Crippen LogP contribution in [0.25, 0.3) is 0 Å². The zero-order chi connectivity index (χ0) is 12.9. The molecule has 0 aromatic rings. The smallest absolute Gasteiger partial charge is 0.332 e. The summed E-state index contributed by atoms with van der Waals surface area (Å²) in [6.07, 6.45) is -16.2. The maximum Gasteiger partial charge on any atom is 0.459 e. The average molecular weight is 262 g/mol. The van der Waals surface area contributed by atoms with Crippen molar-refractivity contribution in [3.05, 3.63) is 0 Å². The summed E-state index contributed by atoms with van der Waals surface area (Å²) in [7, 11) is 0. The van der Waals surface area contributed by atoms with Crippen molar-refractivity contribution in [1.29, 1.82) is 0 Å². The summed E-state index contributed by atoms with van der Waals surface area (Å²) in [6.45, 7) is 0. The van der Waals surface area contributed by atoms with Gasteiger partial charge in [0.25, 0.3) is 0 Å². The molecule has 1 heterocycles. The molecule has 0 aliphatic carbocycles. The fourth-order valence-corrected chi connectivity index (χ4v) is 0.991. The molecule has 0 unspecified atom stereocenters. The average Bonchev–Trinajstić information content (AvgIpc) is 2.11. The summed E-state index contributed by atoms with van der Waals surface area (Å²) < 4.78 is 112. The van der Waals surface area contributed by atoms with Crippen LogP contribution in [0.3, 0.4) is 0 Å². The normalized spacial score (nSPS) is 32.4. The molecular weight excluding hydrogens is 259 g/mol. The highest BCUT2D eigenvalue weighted by molar-refractivity contribution is 5.03. The molecule has 1 aliphatic heterocycles. The molecule has 0 spiro atoms. The molecule has 3 atom stereocenters. The summed E-state index contributed by atoms with van der Waals surface area (Å²) in [4.78, 5) is 0. The molecule has 0 N–H and O–H groups in total. The second-order valence-electron chi connectivity index (χ2n) is 3.05. The number of halogens is 9. The molecule has 96 valence electrons. The van der Waals surface area contributed by atoms with E-state index >= 15 is 0 Å². The van der Waals surface area contributed by atoms with Crippen molar-refractivity contribution in [3.8, 4) is 0 Å². The Bertz CT molecular complexity index is 272. The predicted molar refractivity (Wildman–Crippen MR) is 30.6 cm³/mol. The van der Waals surface area contributed by atoms with Crippen molar-refractivity contribution in [2.75, 3.05) is 0 Å². The lowest BCUT2D eigenvalue weighted by Crippen LogP contribution is -2.67. The van der Waals surface area contributed by atoms with Crippen LogP contribution in [-0.4, -0.2) is 36.7 Å². The first-order chi connectivity index (χ1) is 6.93. The lowest BCUT2D eigenvalue weighted by Gasteiger charge is -2.42. The third-order valence-corrected chi connectivity index (χ3v) is 1.95. The molecule has 1 nitrogen and oxygen atoms in total. The topological polar surface area (TPSA) is 9.23 Å². The molecule has 0 saturated carbocycles. The van der Waals surface area contributed by atoms with Crippen LogP contribution in [0.5, 0.6) is 0 Å². The van der Waals surface area contributed by atoms with Crippen molar-refractivity contribution in [1.82, 2.24) is 0 Å². The minimum Gasteiger partial charge on any atom is -0.332 e. The van der Waals surface area contributed by atoms with Gasteiger partial charge in [-0.05, 0) is 0 Å². The molecule has 0 radical (unpaired) electrons. The Balaban J connectivity index is 2.94. The molecule has 1 saturated heterocycles. The Morgan fingerprint density at radius 1 is 0.812 bits per heavy atom. The SMILES string of the molecule is F[C@H]1[C@H](F)O[C@H]1C(F)(F)C(F)(F)C(F)(F)F. The van der Waals surface area contributed by atoms with Crippen molar-refractivity contribution < 1.29 is 44.3 Å². The first kappa shape index (κ1) is 13.4. The molecule has 1 aliphatic rings. The van der Waals surface area contributed by atoms with Crippen molar-refractivity contribution in [2.45, 2.75) is 36.7 Å². The largest absolute Gasteiger partial charge is 0.459 e. The van der Waals surface area contributed by atoms with E-state index in [1.165, 1.54) is 0 Å². The minimum atomic E-state index is -6.58. The third kappa shape index (κ3) is 1.62. The van der Waals surface area contributed by atoms with E-state index in [-0.39, 0.29) is 0 Å². The van der Waals surface area contributed by atoms with Crippen LogP contribution < -0.4 is 0 Å². The molecule has 0 aromatic heterocycles. The Morgan fingerprint density at radius 2 is 1.25 bits per heavy atom. The van der Waals surface area contributed by atoms with E-state index in [4.69, 9.17) is 0 Å². The van der Waals surface area contributed by atoms with E-state index in [1.807, 2.05) is 0 Å². The van der Waals surface area contributed by atoms with Gasteiger partial charge in [0.2, 0.25) is 6.36 Å². The highest BCUT2D eigenvalue weighted by atomic mass is 19.4. The Kier molecular flexibility index (Phi) is 2.85. The molecule has 1 rings (SSSR count). The molecule has 10 heteroatoms. The molecule has 16 heavy (non-hydrogen) atoms. The third-order valence-electron chi connectivity index (χ3n) is 1.95. The second-order valence-corrected chi connectivity index (χ2v) is 3.05. The highest BCUT2D eigenvalue weighted by Gasteiger charge is 2.79. The molecule has 0 bridgehead atoms. The van der Waals surface area contributed by atoms with Crippen molar-refractivity contribution >= 4 is 0 Å². The Labute approximate surface area is 82.2 Å². The van der Waals surface area contributed by atoms with E-state index < -0.39 is 36.7 Å². The summed E-state index contributed by atoms with van der Waals surface area (Å²) in [5.41, 5.74) is 0. The zero-order valence-electron chi connectivity index (χ0n) is 7.04. The van der Waals surface area contributed by atoms with Gasteiger partial charge in [0.05, 0.1) is 0 Å². The lowest BCUT2D eigenvalue weighted by atomic mass is 9.97. The number of rotatable bonds is 2. The first-order valence-corrected chi connectivity index (χ1v) is 3.69. The van der Waals surface area contributed by atoms with Crippen molar-refractivity contribution in [2.24, 2.45) is 0 Å². The predicted octanol–water partition coefficient (Wildman–Crippen LogP) is 2.85. The van der Waals surface area contributed by atoms with Crippen LogP contribution in [0.4, 0.5) is 39.5 Å². The lowest BCUT2D eigenvalue weighted by molar-refractivity contribution is -0.410. The van der Waals surface area contributed by atoms with Gasteiger partial charge in [0.1, 0.15) is 0 Å². The number of hydrogen-bond acceptors (Lipinski definition) is 1. The number of hydrogen-bond donors (Lipinski definition) is 0. The zero-order valence-corrected chi connectivity index (χ0v) is 7.04. The maximum atomic E-state index is 12.6. The van der Waals surface area contributed by atoms with E-state index in [9.17, 15) is 39.5 Å². The second kappa shape index (κ2) is 3.41. The van der Waals surface area contributed by atoms with Crippen LogP contribution in [0.1, 0.15) is 0 Å². The van der Waals surface area contributed by atoms with Crippen LogP contribution in [0, 0.1) is 0 Å². The molecule has 1 fully saturated rings. The monoisotopic (exact) mass is 262 g/mol. The van der Waals surface area contributed by atoms with E-state index in [0.717, 1.165) is 0 Å². The Morgan fingerprint density at radius 3 is 1.50 bits per heavy atom. The van der Waals surface area contributed by atoms with Gasteiger partial charge in [0, 0.05) is 0 Å². The maximum absolute atomic E-state index is 12.6. The first-order valence-electron chi connectivity index (χ1n) is 3.69. The van der Waals surface area contributed by atoms with Crippen LogP contribution in [-0.2, 0) is 4.74 Å². The van der Waals surface area contributed by atoms with Gasteiger partial charge in [-0.3, -0.25) is 0 Å². The fourth-order valence-electron chi connectivity index (χ4n) is 0.991. The van der Waals surface area contributed by atoms with E-state index in [0.29, 0.717) is 0 Å². The van der Waals surface area contributed by atoms with E-state index in [2.05, 4.69) is 4.74 Å². The van der Waals surface area contributed by atoms with Gasteiger partial charge in [-0.1, -0.05) is 0 Å². The standard InChI is InChI=1S/C6H3F9O/c7-1-2(16-3(1)8)4(9,10)5(11,12)6(13,14)15/h1-3H/t1-,2-,3-/m1/s1. The molecular formula is C6H3F9O. The van der Waals surface area contributed by atoms with Gasteiger partial charge < -0.3 is 4.74 Å². The summed E-state index contributed by atoms with van der Waals surface area (Å²) in [5.74, 6) is -12.4. The summed E-state index contributed by atoms with van der Waals surface area (Å²) in [5, 5.41) is 0. The van der Waals surface area contributed by atoms with Crippen molar-refractivity contribution in [3.63, 3.8) is 0 Å². The quantitative estimate of drug-likeness (QED) is 0.695. The number of ether oxygens (including phenoxy) is 1. The van der Waals surface area contributed by atoms with Gasteiger partial charge in [-0.25, -0.2) is 8.78 Å². The van der Waals surface area contributed by atoms with Gasteiger partial charge in [0.15, 0.2) is 12.3 Å².